The van der Waals surface area contributed by atoms with Gasteiger partial charge in [0, 0.05) is 12.1 Å². The van der Waals surface area contributed by atoms with Crippen LogP contribution in [-0.2, 0) is 0 Å². The monoisotopic (exact) mass is 346 g/mol. The summed E-state index contributed by atoms with van der Waals surface area (Å²) in [5.41, 5.74) is 10.7. The number of carboxylic acid groups (broad SMARTS) is 1. The average Bonchev–Trinajstić information content (AvgIpc) is 2.54. The van der Waals surface area contributed by atoms with Gasteiger partial charge in [0.1, 0.15) is 5.66 Å². The van der Waals surface area contributed by atoms with Crippen molar-refractivity contribution in [2.45, 2.75) is 37.8 Å². The Morgan fingerprint density at radius 3 is 2.56 bits per heavy atom. The fourth-order valence-electron chi connectivity index (χ4n) is 3.47. The SMILES string of the molecule is NC1=NC2(CCCCC2)N(c2ccc([N+](=O)[O-])cc2C(=O)O)C(N)=N1. The molecule has 0 atom stereocenters. The zero-order valence-electron chi connectivity index (χ0n) is 13.4. The molecular formula is C15H18N6O4. The van der Waals surface area contributed by atoms with Crippen molar-refractivity contribution in [3.05, 3.63) is 33.9 Å². The molecule has 1 heterocycles. The molecule has 5 N–H and O–H groups in total. The molecule has 10 nitrogen and oxygen atoms in total. The summed E-state index contributed by atoms with van der Waals surface area (Å²) >= 11 is 0. The number of benzene rings is 1. The average molecular weight is 346 g/mol. The number of carbonyl (C=O) groups is 1. The third-order valence-electron chi connectivity index (χ3n) is 4.51. The highest BCUT2D eigenvalue weighted by Gasteiger charge is 2.44. The second-order valence-corrected chi connectivity index (χ2v) is 6.08. The van der Waals surface area contributed by atoms with E-state index in [2.05, 4.69) is 9.98 Å². The fraction of sp³-hybridized carbons (Fsp3) is 0.400. The number of nitrogens with two attached hydrogens (primary N) is 2. The maximum atomic E-state index is 11.7. The predicted octanol–water partition coefficient (Wildman–Crippen LogP) is 1.40. The van der Waals surface area contributed by atoms with Crippen LogP contribution in [0.25, 0.3) is 0 Å². The van der Waals surface area contributed by atoms with E-state index in [0.29, 0.717) is 12.8 Å². The van der Waals surface area contributed by atoms with Gasteiger partial charge in [0.15, 0.2) is 0 Å². The fourth-order valence-corrected chi connectivity index (χ4v) is 3.47. The molecule has 0 unspecified atom stereocenters. The number of rotatable bonds is 3. The minimum absolute atomic E-state index is 0.0331. The van der Waals surface area contributed by atoms with E-state index >= 15 is 0 Å². The first-order valence-electron chi connectivity index (χ1n) is 7.85. The maximum absolute atomic E-state index is 11.7. The zero-order valence-corrected chi connectivity index (χ0v) is 13.4. The maximum Gasteiger partial charge on any atom is 0.338 e. The highest BCUT2D eigenvalue weighted by atomic mass is 16.6. The van der Waals surface area contributed by atoms with Crippen molar-refractivity contribution in [3.8, 4) is 0 Å². The van der Waals surface area contributed by atoms with Crippen LogP contribution in [0.5, 0.6) is 0 Å². The van der Waals surface area contributed by atoms with Gasteiger partial charge in [-0.3, -0.25) is 15.0 Å². The summed E-state index contributed by atoms with van der Waals surface area (Å²) in [6.07, 6.45) is 4.08. The first-order chi connectivity index (χ1) is 11.8. The van der Waals surface area contributed by atoms with Gasteiger partial charge in [-0.1, -0.05) is 6.42 Å². The molecular weight excluding hydrogens is 328 g/mol. The second kappa shape index (κ2) is 6.04. The van der Waals surface area contributed by atoms with Crippen LogP contribution in [0.15, 0.2) is 28.2 Å². The number of guanidine groups is 2. The normalized spacial score (nSPS) is 19.3. The largest absolute Gasteiger partial charge is 0.478 e. The molecule has 1 aromatic carbocycles. The van der Waals surface area contributed by atoms with E-state index in [9.17, 15) is 20.0 Å². The van der Waals surface area contributed by atoms with Gasteiger partial charge in [-0.2, -0.15) is 4.99 Å². The predicted molar refractivity (Wildman–Crippen MR) is 91.6 cm³/mol. The number of nitrogens with zero attached hydrogens (tertiary/aromatic N) is 4. The second-order valence-electron chi connectivity index (χ2n) is 6.08. The van der Waals surface area contributed by atoms with Crippen LogP contribution >= 0.6 is 0 Å². The molecule has 1 saturated carbocycles. The quantitative estimate of drug-likeness (QED) is 0.550. The number of hydrogen-bond acceptors (Lipinski definition) is 8. The van der Waals surface area contributed by atoms with Crippen molar-refractivity contribution in [2.75, 3.05) is 4.90 Å². The Bertz CT molecular complexity index is 797. The Hall–Kier alpha value is -3.17. The van der Waals surface area contributed by atoms with E-state index in [0.717, 1.165) is 25.3 Å². The Morgan fingerprint density at radius 2 is 1.96 bits per heavy atom. The van der Waals surface area contributed by atoms with Gasteiger partial charge >= 0.3 is 5.97 Å². The van der Waals surface area contributed by atoms with Gasteiger partial charge in [-0.15, -0.1) is 0 Å². The van der Waals surface area contributed by atoms with Crippen LogP contribution in [0.3, 0.4) is 0 Å². The Morgan fingerprint density at radius 1 is 1.28 bits per heavy atom. The number of nitro benzene ring substituents is 1. The van der Waals surface area contributed by atoms with E-state index in [1.165, 1.54) is 12.1 Å². The van der Waals surface area contributed by atoms with Crippen molar-refractivity contribution >= 4 is 29.3 Å². The molecule has 0 amide bonds. The number of aliphatic imine (C=N–C) groups is 2. The first kappa shape index (κ1) is 16.7. The number of non-ortho nitro benzene ring substituents is 1. The Kier molecular flexibility index (Phi) is 4.03. The van der Waals surface area contributed by atoms with Gasteiger partial charge in [-0.25, -0.2) is 9.79 Å². The van der Waals surface area contributed by atoms with Crippen LogP contribution in [0.2, 0.25) is 0 Å². The van der Waals surface area contributed by atoms with E-state index in [1.54, 1.807) is 4.90 Å². The molecule has 25 heavy (non-hydrogen) atoms. The number of anilines is 1. The van der Waals surface area contributed by atoms with Crippen molar-refractivity contribution < 1.29 is 14.8 Å². The summed E-state index contributed by atoms with van der Waals surface area (Å²) in [5.74, 6) is -1.21. The molecule has 0 radical (unpaired) electrons. The lowest BCUT2D eigenvalue weighted by Crippen LogP contribution is -2.58. The molecule has 0 aromatic heterocycles. The van der Waals surface area contributed by atoms with Crippen LogP contribution in [0.4, 0.5) is 11.4 Å². The number of aromatic carboxylic acids is 1. The number of carboxylic acids is 1. The lowest BCUT2D eigenvalue weighted by molar-refractivity contribution is -0.384. The van der Waals surface area contributed by atoms with Gasteiger partial charge in [0.05, 0.1) is 16.2 Å². The van der Waals surface area contributed by atoms with Crippen molar-refractivity contribution in [2.24, 2.45) is 21.5 Å². The summed E-state index contributed by atoms with van der Waals surface area (Å²) in [4.78, 5) is 32.0. The molecule has 3 rings (SSSR count). The molecule has 0 bridgehead atoms. The number of hydrogen-bond donors (Lipinski definition) is 3. The zero-order chi connectivity index (χ0) is 18.2. The summed E-state index contributed by atoms with van der Waals surface area (Å²) < 4.78 is 0. The molecule has 1 fully saturated rings. The third-order valence-corrected chi connectivity index (χ3v) is 4.51. The minimum atomic E-state index is -1.29. The third kappa shape index (κ3) is 2.86. The van der Waals surface area contributed by atoms with E-state index < -0.39 is 16.6 Å². The molecule has 0 saturated heterocycles. The van der Waals surface area contributed by atoms with Crippen LogP contribution in [0, 0.1) is 10.1 Å². The van der Waals surface area contributed by atoms with E-state index in [4.69, 9.17) is 11.5 Å². The molecule has 1 spiro atoms. The van der Waals surface area contributed by atoms with Crippen LogP contribution in [0.1, 0.15) is 42.5 Å². The Balaban J connectivity index is 2.17. The van der Waals surface area contributed by atoms with Crippen LogP contribution in [-0.4, -0.2) is 33.6 Å². The summed E-state index contributed by atoms with van der Waals surface area (Å²) in [6, 6.07) is 3.63. The lowest BCUT2D eigenvalue weighted by atomic mass is 9.87. The van der Waals surface area contributed by atoms with Gasteiger partial charge in [-0.05, 0) is 31.7 Å². The molecule has 10 heteroatoms. The summed E-state index contributed by atoms with van der Waals surface area (Å²) in [5, 5.41) is 20.5. The van der Waals surface area contributed by atoms with Crippen molar-refractivity contribution in [1.29, 1.82) is 0 Å². The van der Waals surface area contributed by atoms with E-state index in [-0.39, 0.29) is 28.9 Å². The van der Waals surface area contributed by atoms with Gasteiger partial charge in [0.2, 0.25) is 11.9 Å². The summed E-state index contributed by atoms with van der Waals surface area (Å²) in [6.45, 7) is 0. The molecule has 1 aromatic rings. The Labute approximate surface area is 143 Å². The smallest absolute Gasteiger partial charge is 0.338 e. The van der Waals surface area contributed by atoms with Crippen molar-refractivity contribution in [1.82, 2.24) is 0 Å². The lowest BCUT2D eigenvalue weighted by Gasteiger charge is -2.45. The van der Waals surface area contributed by atoms with Crippen LogP contribution < -0.4 is 16.4 Å². The van der Waals surface area contributed by atoms with Crippen molar-refractivity contribution in [3.63, 3.8) is 0 Å². The topological polar surface area (TPSA) is 160 Å². The molecule has 2 aliphatic rings. The first-order valence-corrected chi connectivity index (χ1v) is 7.85. The molecule has 1 aliphatic heterocycles. The highest BCUT2D eigenvalue weighted by molar-refractivity contribution is 6.09. The van der Waals surface area contributed by atoms with E-state index in [1.807, 2.05) is 0 Å². The number of nitro groups is 1. The molecule has 132 valence electrons. The van der Waals surface area contributed by atoms with Gasteiger partial charge in [0.25, 0.3) is 5.69 Å². The highest BCUT2D eigenvalue weighted by Crippen LogP contribution is 2.41. The van der Waals surface area contributed by atoms with Gasteiger partial charge < -0.3 is 16.6 Å². The minimum Gasteiger partial charge on any atom is -0.478 e. The standard InChI is InChI=1S/C15H18N6O4/c16-13-18-14(17)20(15(19-13)6-2-1-3-7-15)11-5-4-9(21(24)25)8-10(11)12(22)23/h4-5,8H,1-3,6-7H2,(H,22,23)(H4,16,17,18,19). The molecule has 1 aliphatic carbocycles. The summed E-state index contributed by atoms with van der Waals surface area (Å²) in [7, 11) is 0.